The summed E-state index contributed by atoms with van der Waals surface area (Å²) >= 11 is 0. The van der Waals surface area contributed by atoms with Crippen LogP contribution >= 0.6 is 0 Å². The standard InChI is InChI=1S/C12H10N4O5/c1-21-9-4-2-8(3-5-9)12(10(6-13)15(17)18)11(7-14)16(19)20/h2-5,10-12H,1H3/t10-,11+,12?. The molecule has 0 fully saturated rings. The van der Waals surface area contributed by atoms with Gasteiger partial charge in [-0.25, -0.2) is 0 Å². The summed E-state index contributed by atoms with van der Waals surface area (Å²) in [5.41, 5.74) is 0.155. The van der Waals surface area contributed by atoms with E-state index < -0.39 is 27.8 Å². The molecule has 9 nitrogen and oxygen atoms in total. The van der Waals surface area contributed by atoms with Crippen LogP contribution in [0.25, 0.3) is 0 Å². The molecule has 1 unspecified atom stereocenters. The first-order chi connectivity index (χ1) is 9.96. The molecule has 1 aromatic carbocycles. The zero-order chi connectivity index (χ0) is 16.0. The lowest BCUT2D eigenvalue weighted by atomic mass is 9.86. The van der Waals surface area contributed by atoms with Crippen LogP contribution in [0.1, 0.15) is 11.5 Å². The van der Waals surface area contributed by atoms with E-state index in [2.05, 4.69) is 0 Å². The van der Waals surface area contributed by atoms with E-state index >= 15 is 0 Å². The normalized spacial score (nSPS) is 14.0. The Kier molecular flexibility index (Phi) is 5.15. The maximum atomic E-state index is 10.9. The first-order valence-corrected chi connectivity index (χ1v) is 5.66. The minimum atomic E-state index is -1.89. The summed E-state index contributed by atoms with van der Waals surface area (Å²) in [4.78, 5) is 20.0. The molecule has 0 bridgehead atoms. The summed E-state index contributed by atoms with van der Waals surface area (Å²) in [6.45, 7) is 0. The molecule has 0 saturated carbocycles. The number of methoxy groups -OCH3 is 1. The lowest BCUT2D eigenvalue weighted by Gasteiger charge is -2.16. The molecule has 9 heteroatoms. The first kappa shape index (κ1) is 15.9. The van der Waals surface area contributed by atoms with E-state index in [4.69, 9.17) is 15.3 Å². The first-order valence-electron chi connectivity index (χ1n) is 5.66. The van der Waals surface area contributed by atoms with Gasteiger partial charge in [0.1, 0.15) is 23.8 Å². The van der Waals surface area contributed by atoms with Gasteiger partial charge in [0.05, 0.1) is 7.11 Å². The summed E-state index contributed by atoms with van der Waals surface area (Å²) in [6.07, 6.45) is 0. The van der Waals surface area contributed by atoms with Crippen LogP contribution in [0.5, 0.6) is 5.75 Å². The largest absolute Gasteiger partial charge is 0.497 e. The molecule has 0 N–H and O–H groups in total. The van der Waals surface area contributed by atoms with Gasteiger partial charge in [-0.3, -0.25) is 20.2 Å². The molecule has 3 atom stereocenters. The lowest BCUT2D eigenvalue weighted by molar-refractivity contribution is -0.548. The zero-order valence-corrected chi connectivity index (χ0v) is 10.9. The fraction of sp³-hybridized carbons (Fsp3) is 0.333. The Morgan fingerprint density at radius 1 is 1.05 bits per heavy atom. The highest BCUT2D eigenvalue weighted by Gasteiger charge is 2.45. The van der Waals surface area contributed by atoms with Crippen LogP contribution in [0.4, 0.5) is 0 Å². The average Bonchev–Trinajstić information content (AvgIpc) is 2.46. The van der Waals surface area contributed by atoms with E-state index in [1.165, 1.54) is 43.5 Å². The van der Waals surface area contributed by atoms with Gasteiger partial charge in [-0.1, -0.05) is 12.1 Å². The predicted molar refractivity (Wildman–Crippen MR) is 68.5 cm³/mol. The predicted octanol–water partition coefficient (Wildman–Crippen LogP) is 1.12. The van der Waals surface area contributed by atoms with Crippen LogP contribution in [0.3, 0.4) is 0 Å². The molecule has 1 rings (SSSR count). The SMILES string of the molecule is COc1ccc(C([C@@H](C#N)[N+](=O)[O-])[C@H](C#N)[N+](=O)[O-])cc1. The third kappa shape index (κ3) is 3.42. The lowest BCUT2D eigenvalue weighted by Crippen LogP contribution is -2.37. The Morgan fingerprint density at radius 3 is 1.76 bits per heavy atom. The minimum Gasteiger partial charge on any atom is -0.497 e. The Hall–Kier alpha value is -3.20. The monoisotopic (exact) mass is 290 g/mol. The fourth-order valence-corrected chi connectivity index (χ4v) is 1.88. The summed E-state index contributed by atoms with van der Waals surface area (Å²) in [6, 6.07) is 4.67. The second-order valence-corrected chi connectivity index (χ2v) is 4.02. The second kappa shape index (κ2) is 6.82. The number of ether oxygens (including phenoxy) is 1. The number of nitrogens with zero attached hydrogens (tertiary/aromatic N) is 4. The van der Waals surface area contributed by atoms with E-state index in [0.29, 0.717) is 5.75 Å². The molecule has 0 aromatic heterocycles. The molecular formula is C12H10N4O5. The highest BCUT2D eigenvalue weighted by Crippen LogP contribution is 2.28. The van der Waals surface area contributed by atoms with Gasteiger partial charge in [0.15, 0.2) is 0 Å². The van der Waals surface area contributed by atoms with Gasteiger partial charge >= 0.3 is 12.1 Å². The molecule has 0 aliphatic heterocycles. The van der Waals surface area contributed by atoms with Gasteiger partial charge in [-0.15, -0.1) is 0 Å². The molecule has 0 aliphatic rings. The molecule has 0 radical (unpaired) electrons. The van der Waals surface area contributed by atoms with Crippen LogP contribution in [0, 0.1) is 42.9 Å². The van der Waals surface area contributed by atoms with Gasteiger partial charge in [0.2, 0.25) is 0 Å². The minimum absolute atomic E-state index is 0.155. The van der Waals surface area contributed by atoms with Crippen molar-refractivity contribution in [3.05, 3.63) is 50.1 Å². The summed E-state index contributed by atoms with van der Waals surface area (Å²) in [5, 5.41) is 39.7. The van der Waals surface area contributed by atoms with Gasteiger partial charge in [-0.2, -0.15) is 10.5 Å². The van der Waals surface area contributed by atoms with Crippen molar-refractivity contribution < 1.29 is 14.6 Å². The van der Waals surface area contributed by atoms with Crippen LogP contribution in [0.2, 0.25) is 0 Å². The van der Waals surface area contributed by atoms with Crippen molar-refractivity contribution in [3.63, 3.8) is 0 Å². The Bertz CT molecular complexity index is 584. The second-order valence-electron chi connectivity index (χ2n) is 4.02. The Balaban J connectivity index is 3.36. The summed E-state index contributed by atoms with van der Waals surface area (Å²) in [5.74, 6) is -1.03. The number of hydrogen-bond acceptors (Lipinski definition) is 7. The smallest absolute Gasteiger partial charge is 0.311 e. The molecule has 0 heterocycles. The van der Waals surface area contributed by atoms with Crippen molar-refractivity contribution in [1.29, 1.82) is 10.5 Å². The van der Waals surface area contributed by atoms with Crippen molar-refractivity contribution in [3.8, 4) is 17.9 Å². The van der Waals surface area contributed by atoms with Crippen molar-refractivity contribution >= 4 is 0 Å². The van der Waals surface area contributed by atoms with E-state index in [1.54, 1.807) is 0 Å². The maximum absolute atomic E-state index is 10.9. The zero-order valence-electron chi connectivity index (χ0n) is 10.9. The number of nitro groups is 2. The fourth-order valence-electron chi connectivity index (χ4n) is 1.88. The van der Waals surface area contributed by atoms with Crippen LogP contribution in [-0.2, 0) is 0 Å². The quantitative estimate of drug-likeness (QED) is 0.563. The maximum Gasteiger partial charge on any atom is 0.311 e. The third-order valence-corrected chi connectivity index (χ3v) is 2.90. The molecule has 0 amide bonds. The van der Waals surface area contributed by atoms with Gasteiger partial charge < -0.3 is 4.74 Å². The third-order valence-electron chi connectivity index (χ3n) is 2.90. The highest BCUT2D eigenvalue weighted by molar-refractivity contribution is 5.32. The Labute approximate surface area is 119 Å². The van der Waals surface area contributed by atoms with E-state index in [9.17, 15) is 20.2 Å². The average molecular weight is 290 g/mol. The molecule has 0 saturated heterocycles. The van der Waals surface area contributed by atoms with Gasteiger partial charge in [0.25, 0.3) is 0 Å². The molecular weight excluding hydrogens is 280 g/mol. The number of benzene rings is 1. The number of nitriles is 2. The van der Waals surface area contributed by atoms with Crippen molar-refractivity contribution in [2.24, 2.45) is 0 Å². The molecule has 1 aromatic rings. The van der Waals surface area contributed by atoms with E-state index in [0.717, 1.165) is 0 Å². The summed E-state index contributed by atoms with van der Waals surface area (Å²) < 4.78 is 4.92. The topological polar surface area (TPSA) is 143 Å². The summed E-state index contributed by atoms with van der Waals surface area (Å²) in [7, 11) is 1.41. The Morgan fingerprint density at radius 2 is 1.48 bits per heavy atom. The van der Waals surface area contributed by atoms with Gasteiger partial charge in [0, 0.05) is 9.85 Å². The van der Waals surface area contributed by atoms with Crippen molar-refractivity contribution in [2.75, 3.05) is 7.11 Å². The molecule has 108 valence electrons. The van der Waals surface area contributed by atoms with Crippen LogP contribution < -0.4 is 4.74 Å². The molecule has 0 aliphatic carbocycles. The van der Waals surface area contributed by atoms with Crippen molar-refractivity contribution in [2.45, 2.75) is 18.0 Å². The van der Waals surface area contributed by atoms with E-state index in [1.807, 2.05) is 0 Å². The van der Waals surface area contributed by atoms with E-state index in [-0.39, 0.29) is 5.56 Å². The molecule has 0 spiro atoms. The highest BCUT2D eigenvalue weighted by atomic mass is 16.6. The van der Waals surface area contributed by atoms with Gasteiger partial charge in [-0.05, 0) is 17.7 Å². The number of rotatable bonds is 6. The van der Waals surface area contributed by atoms with Crippen LogP contribution in [0.15, 0.2) is 24.3 Å². The molecule has 21 heavy (non-hydrogen) atoms. The number of hydrogen-bond donors (Lipinski definition) is 0. The van der Waals surface area contributed by atoms with Crippen molar-refractivity contribution in [1.82, 2.24) is 0 Å². The van der Waals surface area contributed by atoms with Crippen LogP contribution in [-0.4, -0.2) is 29.0 Å².